The molecule has 0 fully saturated rings. The van der Waals surface area contributed by atoms with Gasteiger partial charge in [0, 0.05) is 18.3 Å². The van der Waals surface area contributed by atoms with Crippen molar-refractivity contribution in [1.29, 1.82) is 0 Å². The summed E-state index contributed by atoms with van der Waals surface area (Å²) in [5, 5.41) is 5.04. The maximum atomic E-state index is 13.0. The standard InChI is InChI=1S/C11H12FN3S/c1-3-14-10-7(2)15-11(16-10)8-4-9(12)6-13-5-8/h4-6,14H,3H2,1-2H3. The van der Waals surface area contributed by atoms with Crippen LogP contribution >= 0.6 is 11.3 Å². The van der Waals surface area contributed by atoms with Crippen molar-refractivity contribution in [2.75, 3.05) is 11.9 Å². The summed E-state index contributed by atoms with van der Waals surface area (Å²) in [4.78, 5) is 8.21. The predicted octanol–water partition coefficient (Wildman–Crippen LogP) is 3.08. The minimum atomic E-state index is -0.338. The third-order valence-corrected chi connectivity index (χ3v) is 3.25. The van der Waals surface area contributed by atoms with Crippen molar-refractivity contribution >= 4 is 16.3 Å². The van der Waals surface area contributed by atoms with E-state index in [0.717, 1.165) is 27.8 Å². The zero-order valence-electron chi connectivity index (χ0n) is 9.12. The summed E-state index contributed by atoms with van der Waals surface area (Å²) in [6.07, 6.45) is 2.81. The van der Waals surface area contributed by atoms with Gasteiger partial charge in [-0.1, -0.05) is 11.3 Å². The molecule has 2 aromatic rings. The lowest BCUT2D eigenvalue weighted by molar-refractivity contribution is 0.622. The number of aryl methyl sites for hydroxylation is 1. The van der Waals surface area contributed by atoms with Gasteiger partial charge in [0.25, 0.3) is 0 Å². The van der Waals surface area contributed by atoms with Crippen LogP contribution in [0.2, 0.25) is 0 Å². The number of hydrogen-bond donors (Lipinski definition) is 1. The van der Waals surface area contributed by atoms with Crippen LogP contribution in [0.1, 0.15) is 12.6 Å². The number of hydrogen-bond acceptors (Lipinski definition) is 4. The van der Waals surface area contributed by atoms with E-state index in [0.29, 0.717) is 0 Å². The van der Waals surface area contributed by atoms with Gasteiger partial charge in [0.2, 0.25) is 0 Å². The van der Waals surface area contributed by atoms with E-state index in [1.807, 2.05) is 13.8 Å². The normalized spacial score (nSPS) is 10.4. The van der Waals surface area contributed by atoms with Crippen LogP contribution in [0, 0.1) is 12.7 Å². The number of rotatable bonds is 3. The van der Waals surface area contributed by atoms with Gasteiger partial charge in [0.1, 0.15) is 15.8 Å². The quantitative estimate of drug-likeness (QED) is 0.891. The monoisotopic (exact) mass is 237 g/mol. The number of nitrogens with one attached hydrogen (secondary N) is 1. The number of pyridine rings is 1. The van der Waals surface area contributed by atoms with Gasteiger partial charge in [-0.05, 0) is 19.9 Å². The van der Waals surface area contributed by atoms with E-state index in [-0.39, 0.29) is 5.82 Å². The first kappa shape index (κ1) is 11.0. The van der Waals surface area contributed by atoms with Gasteiger partial charge in [-0.15, -0.1) is 0 Å². The van der Waals surface area contributed by atoms with Crippen LogP contribution in [-0.4, -0.2) is 16.5 Å². The molecule has 2 aromatic heterocycles. The lowest BCUT2D eigenvalue weighted by Gasteiger charge is -1.97. The average molecular weight is 237 g/mol. The van der Waals surface area contributed by atoms with Gasteiger partial charge in [-0.2, -0.15) is 0 Å². The Balaban J connectivity index is 2.37. The molecule has 0 bridgehead atoms. The fraction of sp³-hybridized carbons (Fsp3) is 0.273. The molecule has 0 aliphatic carbocycles. The molecule has 16 heavy (non-hydrogen) atoms. The van der Waals surface area contributed by atoms with Crippen molar-refractivity contribution in [3.8, 4) is 10.6 Å². The summed E-state index contributed by atoms with van der Waals surface area (Å²) in [6.45, 7) is 4.82. The van der Waals surface area contributed by atoms with Gasteiger partial charge in [0.05, 0.1) is 11.9 Å². The summed E-state index contributed by atoms with van der Waals surface area (Å²) >= 11 is 1.52. The van der Waals surface area contributed by atoms with Crippen molar-refractivity contribution in [1.82, 2.24) is 9.97 Å². The first-order chi connectivity index (χ1) is 7.70. The lowest BCUT2D eigenvalue weighted by atomic mass is 10.3. The van der Waals surface area contributed by atoms with Crippen LogP contribution in [-0.2, 0) is 0 Å². The molecule has 5 heteroatoms. The van der Waals surface area contributed by atoms with E-state index in [1.165, 1.54) is 23.6 Å². The molecule has 0 saturated heterocycles. The van der Waals surface area contributed by atoms with Crippen molar-refractivity contribution in [3.63, 3.8) is 0 Å². The number of halogens is 1. The molecule has 2 heterocycles. The molecule has 1 N–H and O–H groups in total. The molecule has 2 rings (SSSR count). The Labute approximate surface area is 97.4 Å². The lowest BCUT2D eigenvalue weighted by Crippen LogP contribution is -1.94. The molecular weight excluding hydrogens is 225 g/mol. The van der Waals surface area contributed by atoms with Crippen molar-refractivity contribution in [3.05, 3.63) is 30.0 Å². The highest BCUT2D eigenvalue weighted by atomic mass is 32.1. The summed E-state index contributed by atoms with van der Waals surface area (Å²) in [6, 6.07) is 1.45. The van der Waals surface area contributed by atoms with Crippen LogP contribution in [0.25, 0.3) is 10.6 Å². The number of aromatic nitrogens is 2. The summed E-state index contributed by atoms with van der Waals surface area (Å²) in [5.41, 5.74) is 1.66. The molecule has 3 nitrogen and oxygen atoms in total. The minimum absolute atomic E-state index is 0.338. The third kappa shape index (κ3) is 2.19. The Bertz CT molecular complexity index is 496. The van der Waals surface area contributed by atoms with E-state index in [4.69, 9.17) is 0 Å². The second-order valence-corrected chi connectivity index (χ2v) is 4.35. The van der Waals surface area contributed by atoms with Crippen LogP contribution in [0.4, 0.5) is 9.39 Å². The van der Waals surface area contributed by atoms with Gasteiger partial charge in [0.15, 0.2) is 0 Å². The SMILES string of the molecule is CCNc1sc(-c2cncc(F)c2)nc1C. The molecule has 0 aliphatic rings. The van der Waals surface area contributed by atoms with Gasteiger partial charge >= 0.3 is 0 Å². The average Bonchev–Trinajstić information content (AvgIpc) is 2.61. The summed E-state index contributed by atoms with van der Waals surface area (Å²) < 4.78 is 13.0. The Morgan fingerprint density at radius 3 is 2.94 bits per heavy atom. The topological polar surface area (TPSA) is 37.8 Å². The highest BCUT2D eigenvalue weighted by Gasteiger charge is 2.09. The van der Waals surface area contributed by atoms with E-state index < -0.39 is 0 Å². The second kappa shape index (κ2) is 4.57. The Hall–Kier alpha value is -1.49. The molecule has 0 atom stereocenters. The largest absolute Gasteiger partial charge is 0.376 e. The molecule has 0 aliphatic heterocycles. The summed E-state index contributed by atoms with van der Waals surface area (Å²) in [7, 11) is 0. The Kier molecular flexibility index (Phi) is 3.14. The highest BCUT2D eigenvalue weighted by molar-refractivity contribution is 7.19. The van der Waals surface area contributed by atoms with E-state index in [1.54, 1.807) is 6.20 Å². The zero-order valence-corrected chi connectivity index (χ0v) is 9.94. The fourth-order valence-electron chi connectivity index (χ4n) is 1.37. The highest BCUT2D eigenvalue weighted by Crippen LogP contribution is 2.31. The first-order valence-electron chi connectivity index (χ1n) is 5.03. The number of thiazole rings is 1. The van der Waals surface area contributed by atoms with Crippen LogP contribution < -0.4 is 5.32 Å². The van der Waals surface area contributed by atoms with Gasteiger partial charge in [-0.3, -0.25) is 4.98 Å². The van der Waals surface area contributed by atoms with E-state index in [2.05, 4.69) is 15.3 Å². The second-order valence-electron chi connectivity index (χ2n) is 3.36. The minimum Gasteiger partial charge on any atom is -0.376 e. The predicted molar refractivity (Wildman–Crippen MR) is 64.2 cm³/mol. The molecule has 0 spiro atoms. The Morgan fingerprint density at radius 1 is 1.44 bits per heavy atom. The molecule has 84 valence electrons. The molecule has 0 aromatic carbocycles. The molecule has 0 unspecified atom stereocenters. The molecular formula is C11H12FN3S. The van der Waals surface area contributed by atoms with Crippen molar-refractivity contribution in [2.45, 2.75) is 13.8 Å². The number of nitrogens with zero attached hydrogens (tertiary/aromatic N) is 2. The van der Waals surface area contributed by atoms with Gasteiger partial charge < -0.3 is 5.32 Å². The molecule has 0 saturated carbocycles. The Morgan fingerprint density at radius 2 is 2.25 bits per heavy atom. The van der Waals surface area contributed by atoms with Crippen molar-refractivity contribution in [2.24, 2.45) is 0 Å². The maximum Gasteiger partial charge on any atom is 0.142 e. The van der Waals surface area contributed by atoms with Crippen LogP contribution in [0.3, 0.4) is 0 Å². The van der Waals surface area contributed by atoms with Crippen LogP contribution in [0.5, 0.6) is 0 Å². The smallest absolute Gasteiger partial charge is 0.142 e. The summed E-state index contributed by atoms with van der Waals surface area (Å²) in [5.74, 6) is -0.338. The molecule has 0 radical (unpaired) electrons. The number of anilines is 1. The van der Waals surface area contributed by atoms with Gasteiger partial charge in [-0.25, -0.2) is 9.37 Å². The van der Waals surface area contributed by atoms with Crippen molar-refractivity contribution < 1.29 is 4.39 Å². The fourth-order valence-corrected chi connectivity index (χ4v) is 2.39. The maximum absolute atomic E-state index is 13.0. The van der Waals surface area contributed by atoms with E-state index >= 15 is 0 Å². The van der Waals surface area contributed by atoms with E-state index in [9.17, 15) is 4.39 Å². The molecule has 0 amide bonds. The van der Waals surface area contributed by atoms with Crippen LogP contribution in [0.15, 0.2) is 18.5 Å². The first-order valence-corrected chi connectivity index (χ1v) is 5.84. The third-order valence-electron chi connectivity index (χ3n) is 2.09. The zero-order chi connectivity index (χ0) is 11.5.